The van der Waals surface area contributed by atoms with Gasteiger partial charge in [0.2, 0.25) is 0 Å². The molecule has 116 valence electrons. The minimum Gasteiger partial charge on any atom is -0.328 e. The van der Waals surface area contributed by atoms with Crippen molar-refractivity contribution in [2.45, 2.75) is 10.9 Å². The molecular formula is C9H12Cl3NO5S2. The highest BCUT2D eigenvalue weighted by molar-refractivity contribution is 7.92. The lowest BCUT2D eigenvalue weighted by Gasteiger charge is -2.38. The van der Waals surface area contributed by atoms with Crippen LogP contribution in [0.4, 0.5) is 0 Å². The second-order valence-corrected chi connectivity index (χ2v) is 9.27. The number of halogens is 3. The van der Waals surface area contributed by atoms with Crippen molar-refractivity contribution in [3.63, 3.8) is 0 Å². The van der Waals surface area contributed by atoms with Gasteiger partial charge in [-0.2, -0.15) is 8.42 Å². The number of allylic oxidation sites excluding steroid dienone is 2. The molecule has 0 heterocycles. The van der Waals surface area contributed by atoms with Gasteiger partial charge in [0, 0.05) is 12.8 Å². The highest BCUT2D eigenvalue weighted by atomic mass is 35.5. The van der Waals surface area contributed by atoms with Crippen molar-refractivity contribution >= 4 is 54.8 Å². The fourth-order valence-corrected chi connectivity index (χ4v) is 4.96. The summed E-state index contributed by atoms with van der Waals surface area (Å²) >= 11 is 17.6. The summed E-state index contributed by atoms with van der Waals surface area (Å²) in [6.45, 7) is -0.526. The Labute approximate surface area is 132 Å². The van der Waals surface area contributed by atoms with E-state index in [0.29, 0.717) is 0 Å². The van der Waals surface area contributed by atoms with Crippen molar-refractivity contribution < 1.29 is 21.0 Å². The highest BCUT2D eigenvalue weighted by Crippen LogP contribution is 2.44. The van der Waals surface area contributed by atoms with E-state index in [4.69, 9.17) is 44.7 Å². The van der Waals surface area contributed by atoms with E-state index < -0.39 is 37.4 Å². The quantitative estimate of drug-likeness (QED) is 0.722. The molecule has 2 unspecified atom stereocenters. The van der Waals surface area contributed by atoms with Gasteiger partial charge in [0.15, 0.2) is 14.6 Å². The average Bonchev–Trinajstić information content (AvgIpc) is 2.23. The van der Waals surface area contributed by atoms with Crippen LogP contribution >= 0.6 is 34.8 Å². The highest BCUT2D eigenvalue weighted by Gasteiger charge is 2.54. The maximum Gasteiger partial charge on any atom is 0.265 e. The minimum atomic E-state index is -3.98. The normalized spacial score (nSPS) is 28.5. The Kier molecular flexibility index (Phi) is 5.24. The lowest BCUT2D eigenvalue weighted by Crippen LogP contribution is -2.57. The van der Waals surface area contributed by atoms with E-state index in [0.717, 1.165) is 18.6 Å². The van der Waals surface area contributed by atoms with Gasteiger partial charge in [0.25, 0.3) is 10.1 Å². The second kappa shape index (κ2) is 5.75. The van der Waals surface area contributed by atoms with Gasteiger partial charge < -0.3 is 5.73 Å². The smallest absolute Gasteiger partial charge is 0.265 e. The van der Waals surface area contributed by atoms with E-state index in [2.05, 4.69) is 0 Å². The summed E-state index contributed by atoms with van der Waals surface area (Å²) in [5.74, 6) is 0. The summed E-state index contributed by atoms with van der Waals surface area (Å²) in [5, 5.41) is -0.694. The van der Waals surface area contributed by atoms with Crippen LogP contribution in [0.1, 0.15) is 0 Å². The molecule has 0 spiro atoms. The van der Waals surface area contributed by atoms with Gasteiger partial charge in [-0.1, -0.05) is 34.8 Å². The molecule has 0 saturated heterocycles. The number of hydrogen-bond donors (Lipinski definition) is 1. The Balaban J connectivity index is 3.64. The number of rotatable bonds is 4. The Morgan fingerprint density at radius 2 is 1.75 bits per heavy atom. The van der Waals surface area contributed by atoms with E-state index >= 15 is 0 Å². The Bertz CT molecular complexity index is 682. The molecule has 0 aromatic carbocycles. The third-order valence-corrected chi connectivity index (χ3v) is 6.80. The molecule has 0 aromatic rings. The molecule has 0 bridgehead atoms. The molecule has 0 fully saturated rings. The molecule has 0 amide bonds. The second-order valence-electron chi connectivity index (χ2n) is 4.23. The number of hydrogen-bond acceptors (Lipinski definition) is 6. The van der Waals surface area contributed by atoms with E-state index in [1.807, 2.05) is 0 Å². The first-order valence-electron chi connectivity index (χ1n) is 5.08. The average molecular weight is 385 g/mol. The van der Waals surface area contributed by atoms with Crippen LogP contribution < -0.4 is 5.73 Å². The molecule has 1 aliphatic rings. The molecule has 0 radical (unpaired) electrons. The molecule has 1 aliphatic carbocycles. The minimum absolute atomic E-state index is 0.113. The third kappa shape index (κ3) is 3.16. The first kappa shape index (κ1) is 18.2. The zero-order valence-corrected chi connectivity index (χ0v) is 14.3. The molecule has 11 heteroatoms. The van der Waals surface area contributed by atoms with E-state index in [9.17, 15) is 16.8 Å². The van der Waals surface area contributed by atoms with Gasteiger partial charge in [0.05, 0.1) is 21.4 Å². The lowest BCUT2D eigenvalue weighted by atomic mass is 9.96. The molecule has 0 aliphatic heterocycles. The van der Waals surface area contributed by atoms with Crippen molar-refractivity contribution in [2.24, 2.45) is 5.73 Å². The predicted octanol–water partition coefficient (Wildman–Crippen LogP) is 0.899. The lowest BCUT2D eigenvalue weighted by molar-refractivity contribution is 0.221. The zero-order chi connectivity index (χ0) is 15.9. The summed E-state index contributed by atoms with van der Waals surface area (Å²) in [5.41, 5.74) is 5.53. The molecule has 2 atom stereocenters. The van der Waals surface area contributed by atoms with E-state index in [-0.39, 0.29) is 15.1 Å². The number of sulfone groups is 1. The third-order valence-electron chi connectivity index (χ3n) is 2.77. The monoisotopic (exact) mass is 383 g/mol. The van der Waals surface area contributed by atoms with Crippen LogP contribution in [-0.2, 0) is 24.1 Å². The maximum atomic E-state index is 12.1. The van der Waals surface area contributed by atoms with Crippen LogP contribution in [0.3, 0.4) is 0 Å². The van der Waals surface area contributed by atoms with Gasteiger partial charge in [0.1, 0.15) is 6.10 Å². The summed E-state index contributed by atoms with van der Waals surface area (Å²) in [6.07, 6.45) is 1.19. The molecule has 2 N–H and O–H groups in total. The first-order valence-corrected chi connectivity index (χ1v) is 9.92. The van der Waals surface area contributed by atoms with Gasteiger partial charge in [-0.05, 0) is 6.08 Å². The van der Waals surface area contributed by atoms with Crippen LogP contribution in [0, 0.1) is 0 Å². The van der Waals surface area contributed by atoms with Gasteiger partial charge in [-0.3, -0.25) is 4.18 Å². The Hall–Kier alpha value is 0.170. The van der Waals surface area contributed by atoms with Crippen molar-refractivity contribution in [3.05, 3.63) is 21.2 Å². The fraction of sp³-hybridized carbons (Fsp3) is 0.556. The van der Waals surface area contributed by atoms with Crippen LogP contribution in [0.5, 0.6) is 0 Å². The van der Waals surface area contributed by atoms with E-state index in [1.165, 1.54) is 0 Å². The van der Waals surface area contributed by atoms with Gasteiger partial charge >= 0.3 is 0 Å². The van der Waals surface area contributed by atoms with Crippen molar-refractivity contribution in [1.29, 1.82) is 0 Å². The molecule has 20 heavy (non-hydrogen) atoms. The predicted molar refractivity (Wildman–Crippen MR) is 79.0 cm³/mol. The van der Waals surface area contributed by atoms with Crippen LogP contribution in [0.25, 0.3) is 0 Å². The van der Waals surface area contributed by atoms with Gasteiger partial charge in [-0.25, -0.2) is 8.42 Å². The summed E-state index contributed by atoms with van der Waals surface area (Å²) in [6, 6.07) is 0. The summed E-state index contributed by atoms with van der Waals surface area (Å²) in [7, 11) is -7.93. The fourth-order valence-electron chi connectivity index (χ4n) is 1.78. The first-order chi connectivity index (χ1) is 8.87. The largest absolute Gasteiger partial charge is 0.328 e. The van der Waals surface area contributed by atoms with Crippen LogP contribution in [0.2, 0.25) is 0 Å². The van der Waals surface area contributed by atoms with E-state index in [1.54, 1.807) is 0 Å². The topological polar surface area (TPSA) is 104 Å². The van der Waals surface area contributed by atoms with Crippen molar-refractivity contribution in [3.8, 4) is 0 Å². The summed E-state index contributed by atoms with van der Waals surface area (Å²) < 4.78 is 49.6. The number of nitrogens with two attached hydrogens (primary N) is 1. The maximum absolute atomic E-state index is 12.1. The Morgan fingerprint density at radius 1 is 1.25 bits per heavy atom. The van der Waals surface area contributed by atoms with Crippen molar-refractivity contribution in [2.75, 3.05) is 19.1 Å². The van der Waals surface area contributed by atoms with Crippen molar-refractivity contribution in [1.82, 2.24) is 0 Å². The summed E-state index contributed by atoms with van der Waals surface area (Å²) in [4.78, 5) is 0. The molecule has 1 rings (SSSR count). The molecule has 6 nitrogen and oxygen atoms in total. The standard InChI is InChI=1S/C9H12Cl3NO5S2/c1-19(14,15)9(4-13)6(18-20(2,16)17)3-5(10)7(11)8(9)12/h3,6H,4,13H2,1-2H3. The SMILES string of the molecule is CS(=O)(=O)OC1C=C(Cl)C(Cl)=C(Cl)C1(CN)S(C)(=O)=O. The van der Waals surface area contributed by atoms with Gasteiger partial charge in [-0.15, -0.1) is 0 Å². The van der Waals surface area contributed by atoms with Crippen LogP contribution in [-0.4, -0.2) is 46.7 Å². The van der Waals surface area contributed by atoms with Crippen LogP contribution in [0.15, 0.2) is 21.2 Å². The molecule has 0 aromatic heterocycles. The molecule has 0 saturated carbocycles. The Morgan fingerprint density at radius 3 is 2.10 bits per heavy atom. The molecular weight excluding hydrogens is 373 g/mol. The zero-order valence-electron chi connectivity index (χ0n) is 10.4.